The van der Waals surface area contributed by atoms with E-state index in [4.69, 9.17) is 5.14 Å². The number of thiophene rings is 1. The number of sulfonamides is 1. The molecule has 3 heterocycles. The maximum absolute atomic E-state index is 11.4. The molecule has 0 aromatic carbocycles. The van der Waals surface area contributed by atoms with Crippen molar-refractivity contribution in [3.63, 3.8) is 0 Å². The molecule has 0 atom stereocenters. The third-order valence-electron chi connectivity index (χ3n) is 3.62. The molecule has 0 bridgehead atoms. The highest BCUT2D eigenvalue weighted by Crippen LogP contribution is 2.39. The van der Waals surface area contributed by atoms with Crippen molar-refractivity contribution in [2.75, 3.05) is 5.32 Å². The van der Waals surface area contributed by atoms with E-state index < -0.39 is 10.0 Å². The summed E-state index contributed by atoms with van der Waals surface area (Å²) in [5.41, 5.74) is 1.73. The zero-order chi connectivity index (χ0) is 16.7. The molecule has 4 N–H and O–H groups in total. The fourth-order valence-corrected chi connectivity index (χ4v) is 3.98. The SMILES string of the molecule is NS(=O)(=O)c1ccc(-c2ccnc(Nc3cc(C4CC4)[nH]n3)n2)s1. The molecule has 0 spiro atoms. The lowest BCUT2D eigenvalue weighted by Crippen LogP contribution is -2.09. The van der Waals surface area contributed by atoms with Gasteiger partial charge in [-0.05, 0) is 31.0 Å². The van der Waals surface area contributed by atoms with Crippen molar-refractivity contribution in [1.29, 1.82) is 0 Å². The smallest absolute Gasteiger partial charge is 0.247 e. The van der Waals surface area contributed by atoms with E-state index in [1.807, 2.05) is 6.07 Å². The van der Waals surface area contributed by atoms with Crippen LogP contribution in [0.3, 0.4) is 0 Å². The quantitative estimate of drug-likeness (QED) is 0.638. The van der Waals surface area contributed by atoms with Crippen LogP contribution in [0.15, 0.2) is 34.7 Å². The van der Waals surface area contributed by atoms with E-state index in [-0.39, 0.29) is 4.21 Å². The van der Waals surface area contributed by atoms with E-state index in [9.17, 15) is 8.42 Å². The fraction of sp³-hybridized carbons (Fsp3) is 0.214. The van der Waals surface area contributed by atoms with Crippen molar-refractivity contribution >= 4 is 33.1 Å². The minimum absolute atomic E-state index is 0.104. The Hall–Kier alpha value is -2.30. The molecule has 10 heteroatoms. The first-order valence-electron chi connectivity index (χ1n) is 7.27. The van der Waals surface area contributed by atoms with Crippen LogP contribution >= 0.6 is 11.3 Å². The van der Waals surface area contributed by atoms with Crippen LogP contribution in [0.1, 0.15) is 24.5 Å². The van der Waals surface area contributed by atoms with Crippen LogP contribution < -0.4 is 10.5 Å². The molecule has 0 aliphatic heterocycles. The number of anilines is 2. The van der Waals surface area contributed by atoms with Gasteiger partial charge in [0.2, 0.25) is 16.0 Å². The van der Waals surface area contributed by atoms with Crippen molar-refractivity contribution in [2.24, 2.45) is 5.14 Å². The van der Waals surface area contributed by atoms with Crippen LogP contribution in [0.2, 0.25) is 0 Å². The van der Waals surface area contributed by atoms with Gasteiger partial charge in [-0.15, -0.1) is 11.3 Å². The zero-order valence-electron chi connectivity index (χ0n) is 12.4. The molecule has 3 aromatic rings. The highest BCUT2D eigenvalue weighted by molar-refractivity contribution is 7.91. The molecule has 1 aliphatic carbocycles. The van der Waals surface area contributed by atoms with E-state index in [0.29, 0.717) is 28.3 Å². The minimum atomic E-state index is -3.70. The van der Waals surface area contributed by atoms with E-state index in [1.165, 1.54) is 18.9 Å². The first kappa shape index (κ1) is 15.2. The number of primary sulfonamides is 1. The van der Waals surface area contributed by atoms with Crippen molar-refractivity contribution in [3.8, 4) is 10.6 Å². The van der Waals surface area contributed by atoms with Crippen molar-refractivity contribution in [1.82, 2.24) is 20.2 Å². The maximum Gasteiger partial charge on any atom is 0.247 e. The number of aromatic nitrogens is 4. The van der Waals surface area contributed by atoms with Gasteiger partial charge in [-0.3, -0.25) is 5.10 Å². The molecular formula is C14H14N6O2S2. The summed E-state index contributed by atoms with van der Waals surface area (Å²) in [6, 6.07) is 6.82. The monoisotopic (exact) mass is 362 g/mol. The van der Waals surface area contributed by atoms with E-state index in [0.717, 1.165) is 17.0 Å². The Kier molecular flexibility index (Phi) is 3.59. The topological polar surface area (TPSA) is 127 Å². The molecule has 1 aliphatic rings. The summed E-state index contributed by atoms with van der Waals surface area (Å²) in [5.74, 6) is 1.64. The van der Waals surface area contributed by atoms with Crippen LogP contribution in [-0.4, -0.2) is 28.6 Å². The lowest BCUT2D eigenvalue weighted by Gasteiger charge is -2.02. The number of H-pyrrole nitrogens is 1. The largest absolute Gasteiger partial charge is 0.307 e. The standard InChI is InChI=1S/C14H14N6O2S2/c15-24(21,22)13-4-3-11(23-13)9-5-6-16-14(17-9)18-12-7-10(19-20-12)8-1-2-8/h3-8H,1-2H2,(H2,15,21,22)(H2,16,17,18,19,20). The second-order valence-corrected chi connectivity index (χ2v) is 8.41. The summed E-state index contributed by atoms with van der Waals surface area (Å²) in [5, 5.41) is 15.4. The molecule has 124 valence electrons. The van der Waals surface area contributed by atoms with Crippen LogP contribution in [0, 0.1) is 0 Å². The third-order valence-corrected chi connectivity index (χ3v) is 6.17. The van der Waals surface area contributed by atoms with Crippen molar-refractivity contribution in [2.45, 2.75) is 23.0 Å². The van der Waals surface area contributed by atoms with E-state index >= 15 is 0 Å². The Morgan fingerprint density at radius 2 is 2.12 bits per heavy atom. The van der Waals surface area contributed by atoms with Crippen LogP contribution in [0.25, 0.3) is 10.6 Å². The molecule has 0 amide bonds. The molecular weight excluding hydrogens is 348 g/mol. The van der Waals surface area contributed by atoms with Gasteiger partial charge in [0.1, 0.15) is 4.21 Å². The van der Waals surface area contributed by atoms with Gasteiger partial charge in [0.15, 0.2) is 5.82 Å². The number of hydrogen-bond donors (Lipinski definition) is 3. The average Bonchev–Trinajstić information content (AvgIpc) is 3.08. The van der Waals surface area contributed by atoms with Gasteiger partial charge in [-0.25, -0.2) is 23.5 Å². The Balaban J connectivity index is 1.57. The van der Waals surface area contributed by atoms with Gasteiger partial charge in [0.05, 0.1) is 10.6 Å². The lowest BCUT2D eigenvalue weighted by molar-refractivity contribution is 0.600. The van der Waals surface area contributed by atoms with Gasteiger partial charge in [-0.1, -0.05) is 0 Å². The summed E-state index contributed by atoms with van der Waals surface area (Å²) in [6.45, 7) is 0. The fourth-order valence-electron chi connectivity index (χ4n) is 2.29. The number of hydrogen-bond acceptors (Lipinski definition) is 7. The van der Waals surface area contributed by atoms with Crippen LogP contribution in [-0.2, 0) is 10.0 Å². The number of aromatic amines is 1. The molecule has 0 unspecified atom stereocenters. The third kappa shape index (κ3) is 3.16. The number of rotatable bonds is 5. The summed E-state index contributed by atoms with van der Waals surface area (Å²) in [7, 11) is -3.70. The Morgan fingerprint density at radius 1 is 1.29 bits per heavy atom. The normalized spacial score (nSPS) is 14.7. The average molecular weight is 362 g/mol. The van der Waals surface area contributed by atoms with Gasteiger partial charge < -0.3 is 5.32 Å². The van der Waals surface area contributed by atoms with Gasteiger partial charge in [0.25, 0.3) is 0 Å². The Morgan fingerprint density at radius 3 is 2.83 bits per heavy atom. The maximum atomic E-state index is 11.4. The summed E-state index contributed by atoms with van der Waals surface area (Å²) in [6.07, 6.45) is 3.99. The first-order chi connectivity index (χ1) is 11.5. The molecule has 4 rings (SSSR count). The van der Waals surface area contributed by atoms with Crippen LogP contribution in [0.4, 0.5) is 11.8 Å². The summed E-state index contributed by atoms with van der Waals surface area (Å²) < 4.78 is 22.9. The van der Waals surface area contributed by atoms with Gasteiger partial charge >= 0.3 is 0 Å². The Bertz CT molecular complexity index is 990. The summed E-state index contributed by atoms with van der Waals surface area (Å²) in [4.78, 5) is 9.27. The molecule has 0 saturated heterocycles. The van der Waals surface area contributed by atoms with Crippen molar-refractivity contribution < 1.29 is 8.42 Å². The van der Waals surface area contributed by atoms with Crippen molar-refractivity contribution in [3.05, 3.63) is 36.2 Å². The highest BCUT2D eigenvalue weighted by atomic mass is 32.2. The van der Waals surface area contributed by atoms with Crippen LogP contribution in [0.5, 0.6) is 0 Å². The van der Waals surface area contributed by atoms with Gasteiger partial charge in [0, 0.05) is 23.9 Å². The van der Waals surface area contributed by atoms with E-state index in [1.54, 1.807) is 18.3 Å². The second kappa shape index (κ2) is 5.65. The highest BCUT2D eigenvalue weighted by Gasteiger charge is 2.25. The van der Waals surface area contributed by atoms with E-state index in [2.05, 4.69) is 25.5 Å². The minimum Gasteiger partial charge on any atom is -0.307 e. The predicted octanol–water partition coefficient (Wildman–Crippen LogP) is 2.20. The molecule has 3 aromatic heterocycles. The van der Waals surface area contributed by atoms with Gasteiger partial charge in [-0.2, -0.15) is 5.10 Å². The second-order valence-electron chi connectivity index (χ2n) is 5.54. The lowest BCUT2D eigenvalue weighted by atomic mass is 10.3. The molecule has 8 nitrogen and oxygen atoms in total. The predicted molar refractivity (Wildman–Crippen MR) is 90.6 cm³/mol. The number of nitrogens with two attached hydrogens (primary N) is 1. The molecule has 24 heavy (non-hydrogen) atoms. The molecule has 1 saturated carbocycles. The number of nitrogens with zero attached hydrogens (tertiary/aromatic N) is 3. The molecule has 0 radical (unpaired) electrons. The Labute approximate surface area is 142 Å². The number of nitrogens with one attached hydrogen (secondary N) is 2. The zero-order valence-corrected chi connectivity index (χ0v) is 14.1. The first-order valence-corrected chi connectivity index (χ1v) is 9.64. The summed E-state index contributed by atoms with van der Waals surface area (Å²) >= 11 is 1.07. The molecule has 1 fully saturated rings.